The van der Waals surface area contributed by atoms with Crippen molar-refractivity contribution in [2.45, 2.75) is 19.1 Å². The highest BCUT2D eigenvalue weighted by Gasteiger charge is 2.18. The van der Waals surface area contributed by atoms with Crippen LogP contribution in [0.2, 0.25) is 0 Å². The van der Waals surface area contributed by atoms with Crippen molar-refractivity contribution in [3.8, 4) is 22.4 Å². The molecule has 1 unspecified atom stereocenters. The number of aromatic nitrogens is 3. The van der Waals surface area contributed by atoms with Crippen LogP contribution in [0.15, 0.2) is 48.7 Å². The first-order valence-electron chi connectivity index (χ1n) is 7.65. The molecule has 3 aromatic rings. The second kappa shape index (κ2) is 5.61. The molecule has 116 valence electrons. The molecule has 0 fully saturated rings. The summed E-state index contributed by atoms with van der Waals surface area (Å²) in [6.07, 6.45) is 1.92. The van der Waals surface area contributed by atoms with Crippen LogP contribution in [0.4, 0.5) is 0 Å². The Kier molecular flexibility index (Phi) is 3.44. The number of hydrogen-bond donors (Lipinski definition) is 2. The number of benzene rings is 2. The van der Waals surface area contributed by atoms with Crippen LogP contribution in [0, 0.1) is 0 Å². The summed E-state index contributed by atoms with van der Waals surface area (Å²) < 4.78 is 1.55. The fourth-order valence-electron chi connectivity index (χ4n) is 3.10. The molecule has 1 atom stereocenters. The minimum absolute atomic E-state index is 0.236. The quantitative estimate of drug-likeness (QED) is 0.604. The summed E-state index contributed by atoms with van der Waals surface area (Å²) in [5.74, 6) is 0. The summed E-state index contributed by atoms with van der Waals surface area (Å²) in [5.41, 5.74) is 7.04. The lowest BCUT2D eigenvalue weighted by molar-refractivity contribution is 0.0778. The van der Waals surface area contributed by atoms with E-state index >= 15 is 0 Å². The lowest BCUT2D eigenvalue weighted by Gasteiger charge is -2.05. The normalized spacial score (nSPS) is 13.7. The minimum Gasteiger partial charge on any atom is -0.394 e. The van der Waals surface area contributed by atoms with Crippen molar-refractivity contribution in [2.24, 2.45) is 0 Å². The molecule has 2 aromatic carbocycles. The minimum atomic E-state index is -0.820. The highest BCUT2D eigenvalue weighted by molar-refractivity contribution is 5.79. The smallest absolute Gasteiger partial charge is 0.113 e. The van der Waals surface area contributed by atoms with Crippen LogP contribution < -0.4 is 0 Å². The molecule has 0 spiro atoms. The topological polar surface area (TPSA) is 71.2 Å². The van der Waals surface area contributed by atoms with Crippen LogP contribution in [0.5, 0.6) is 0 Å². The van der Waals surface area contributed by atoms with Crippen molar-refractivity contribution in [1.82, 2.24) is 15.0 Å². The third kappa shape index (κ3) is 2.54. The number of rotatable bonds is 4. The van der Waals surface area contributed by atoms with Crippen LogP contribution in [0.1, 0.15) is 11.1 Å². The summed E-state index contributed by atoms with van der Waals surface area (Å²) in [5, 5.41) is 26.6. The third-order valence-corrected chi connectivity index (χ3v) is 4.24. The fourth-order valence-corrected chi connectivity index (χ4v) is 3.10. The number of hydrogen-bond acceptors (Lipinski definition) is 4. The standard InChI is InChI=1S/C18H17N3O2/c22-11-15(23)9-21-10-18(19-20-21)13-5-6-17-14(8-13)7-12-3-1-2-4-16(12)17/h1-6,8,10,15,22-23H,7,9,11H2. The van der Waals surface area contributed by atoms with Crippen LogP contribution >= 0.6 is 0 Å². The predicted molar refractivity (Wildman–Crippen MR) is 86.8 cm³/mol. The van der Waals surface area contributed by atoms with E-state index in [0.29, 0.717) is 0 Å². The summed E-state index contributed by atoms with van der Waals surface area (Å²) >= 11 is 0. The van der Waals surface area contributed by atoms with Gasteiger partial charge in [-0.2, -0.15) is 0 Å². The fraction of sp³-hybridized carbons (Fsp3) is 0.222. The maximum atomic E-state index is 9.48. The van der Waals surface area contributed by atoms with Gasteiger partial charge in [0.2, 0.25) is 0 Å². The van der Waals surface area contributed by atoms with E-state index in [2.05, 4.69) is 52.8 Å². The Bertz CT molecular complexity index is 857. The van der Waals surface area contributed by atoms with E-state index in [0.717, 1.165) is 17.7 Å². The van der Waals surface area contributed by atoms with Gasteiger partial charge in [-0.25, -0.2) is 4.68 Å². The van der Waals surface area contributed by atoms with Crippen LogP contribution in [0.3, 0.4) is 0 Å². The molecule has 0 saturated heterocycles. The molecule has 1 aliphatic rings. The first-order valence-corrected chi connectivity index (χ1v) is 7.65. The highest BCUT2D eigenvalue weighted by atomic mass is 16.3. The number of nitrogens with zero attached hydrogens (tertiary/aromatic N) is 3. The molecule has 0 amide bonds. The number of fused-ring (bicyclic) bond motifs is 3. The van der Waals surface area contributed by atoms with Crippen LogP contribution in [-0.2, 0) is 13.0 Å². The van der Waals surface area contributed by atoms with Crippen LogP contribution in [0.25, 0.3) is 22.4 Å². The highest BCUT2D eigenvalue weighted by Crippen LogP contribution is 2.38. The zero-order chi connectivity index (χ0) is 15.8. The molecule has 5 nitrogen and oxygen atoms in total. The van der Waals surface area contributed by atoms with E-state index in [1.54, 1.807) is 10.9 Å². The van der Waals surface area contributed by atoms with Crippen molar-refractivity contribution in [1.29, 1.82) is 0 Å². The Morgan fingerprint density at radius 3 is 2.78 bits per heavy atom. The van der Waals surface area contributed by atoms with Crippen molar-refractivity contribution in [3.63, 3.8) is 0 Å². The van der Waals surface area contributed by atoms with Gasteiger partial charge in [0, 0.05) is 5.56 Å². The van der Waals surface area contributed by atoms with Gasteiger partial charge < -0.3 is 10.2 Å². The number of aliphatic hydroxyl groups is 2. The molecule has 4 rings (SSSR count). The molecular weight excluding hydrogens is 290 g/mol. The molecule has 1 aromatic heterocycles. The summed E-state index contributed by atoms with van der Waals surface area (Å²) in [4.78, 5) is 0. The van der Waals surface area contributed by atoms with E-state index in [4.69, 9.17) is 5.11 Å². The van der Waals surface area contributed by atoms with E-state index < -0.39 is 6.10 Å². The maximum absolute atomic E-state index is 9.48. The average molecular weight is 307 g/mol. The lowest BCUT2D eigenvalue weighted by Crippen LogP contribution is -2.20. The van der Waals surface area contributed by atoms with Gasteiger partial charge in [0.05, 0.1) is 25.5 Å². The monoisotopic (exact) mass is 307 g/mol. The van der Waals surface area contributed by atoms with Gasteiger partial charge in [0.25, 0.3) is 0 Å². The van der Waals surface area contributed by atoms with Gasteiger partial charge in [0.1, 0.15) is 5.69 Å². The Morgan fingerprint density at radius 1 is 1.09 bits per heavy atom. The number of aliphatic hydroxyl groups excluding tert-OH is 2. The lowest BCUT2D eigenvalue weighted by atomic mass is 10.0. The first-order chi connectivity index (χ1) is 11.2. The second-order valence-electron chi connectivity index (χ2n) is 5.87. The Labute approximate surface area is 133 Å². The molecule has 0 aliphatic heterocycles. The maximum Gasteiger partial charge on any atom is 0.113 e. The Hall–Kier alpha value is -2.50. The molecule has 2 N–H and O–H groups in total. The summed E-state index contributed by atoms with van der Waals surface area (Å²) in [6, 6.07) is 14.8. The largest absolute Gasteiger partial charge is 0.394 e. The molecular formula is C18H17N3O2. The molecule has 5 heteroatoms. The molecule has 0 saturated carbocycles. The van der Waals surface area contributed by atoms with Gasteiger partial charge >= 0.3 is 0 Å². The average Bonchev–Trinajstić information content (AvgIpc) is 3.18. The second-order valence-corrected chi connectivity index (χ2v) is 5.87. The van der Waals surface area contributed by atoms with Gasteiger partial charge in [-0.15, -0.1) is 5.10 Å². The van der Waals surface area contributed by atoms with E-state index in [9.17, 15) is 5.11 Å². The van der Waals surface area contributed by atoms with Gasteiger partial charge in [-0.3, -0.25) is 0 Å². The van der Waals surface area contributed by atoms with Crippen molar-refractivity contribution in [3.05, 3.63) is 59.8 Å². The van der Waals surface area contributed by atoms with Gasteiger partial charge in [-0.1, -0.05) is 41.6 Å². The molecule has 1 heterocycles. The molecule has 23 heavy (non-hydrogen) atoms. The predicted octanol–water partition coefficient (Wildman–Crippen LogP) is 1.87. The summed E-state index contributed by atoms with van der Waals surface area (Å²) in [6.45, 7) is -0.0494. The zero-order valence-electron chi connectivity index (χ0n) is 12.6. The summed E-state index contributed by atoms with van der Waals surface area (Å²) in [7, 11) is 0. The molecule has 1 aliphatic carbocycles. The zero-order valence-corrected chi connectivity index (χ0v) is 12.6. The van der Waals surface area contributed by atoms with Gasteiger partial charge in [-0.05, 0) is 34.7 Å². The van der Waals surface area contributed by atoms with Crippen molar-refractivity contribution in [2.75, 3.05) is 6.61 Å². The van der Waals surface area contributed by atoms with E-state index in [1.165, 1.54) is 22.3 Å². The van der Waals surface area contributed by atoms with Crippen molar-refractivity contribution < 1.29 is 10.2 Å². The Balaban J connectivity index is 1.64. The molecule has 0 bridgehead atoms. The third-order valence-electron chi connectivity index (χ3n) is 4.24. The van der Waals surface area contributed by atoms with Gasteiger partial charge in [0.15, 0.2) is 0 Å². The SMILES string of the molecule is OCC(O)Cn1cc(-c2ccc3c(c2)Cc2ccccc2-3)nn1. The van der Waals surface area contributed by atoms with Crippen molar-refractivity contribution >= 4 is 0 Å². The van der Waals surface area contributed by atoms with Crippen LogP contribution in [-0.4, -0.2) is 37.9 Å². The Morgan fingerprint density at radius 2 is 1.91 bits per heavy atom. The molecule has 0 radical (unpaired) electrons. The first kappa shape index (κ1) is 14.1. The van der Waals surface area contributed by atoms with E-state index in [1.807, 2.05) is 0 Å². The van der Waals surface area contributed by atoms with E-state index in [-0.39, 0.29) is 13.2 Å².